The number of nitrogens with one attached hydrogen (secondary N) is 2. The zero-order valence-electron chi connectivity index (χ0n) is 18.0. The number of aromatic amines is 1. The van der Waals surface area contributed by atoms with Crippen molar-refractivity contribution >= 4 is 23.2 Å². The third-order valence-corrected chi connectivity index (χ3v) is 7.06. The third-order valence-electron chi connectivity index (χ3n) is 6.77. The molecule has 1 aromatic heterocycles. The molecule has 3 aromatic rings. The molecule has 0 saturated heterocycles. The van der Waals surface area contributed by atoms with Crippen LogP contribution in [0.1, 0.15) is 38.5 Å². The van der Waals surface area contributed by atoms with Crippen molar-refractivity contribution in [2.45, 2.75) is 38.5 Å². The summed E-state index contributed by atoms with van der Waals surface area (Å²) in [5.74, 6) is 2.57. The minimum Gasteiger partial charge on any atom is -0.495 e. The summed E-state index contributed by atoms with van der Waals surface area (Å²) in [6, 6.07) is 11.4. The zero-order chi connectivity index (χ0) is 22.1. The Labute approximate surface area is 191 Å². The Morgan fingerprint density at radius 3 is 2.69 bits per heavy atom. The second-order valence-corrected chi connectivity index (χ2v) is 9.15. The van der Waals surface area contributed by atoms with E-state index in [1.54, 1.807) is 7.11 Å². The van der Waals surface area contributed by atoms with Crippen LogP contribution in [0.25, 0.3) is 22.5 Å². The SMILES string of the molecule is COc1ccc(-c2ccc(NC(=O)C3CC3C3CCCCC3)cc2-c2nn[nH]n2)cc1Cl. The van der Waals surface area contributed by atoms with Gasteiger partial charge in [0.05, 0.1) is 12.1 Å². The van der Waals surface area contributed by atoms with E-state index in [-0.39, 0.29) is 11.8 Å². The number of benzene rings is 2. The van der Waals surface area contributed by atoms with Gasteiger partial charge in [0.2, 0.25) is 11.7 Å². The number of halogens is 1. The molecule has 7 nitrogen and oxygen atoms in total. The van der Waals surface area contributed by atoms with Crippen LogP contribution in [0.2, 0.25) is 5.02 Å². The predicted molar refractivity (Wildman–Crippen MR) is 123 cm³/mol. The van der Waals surface area contributed by atoms with E-state index in [1.807, 2.05) is 36.4 Å². The number of aromatic nitrogens is 4. The van der Waals surface area contributed by atoms with Gasteiger partial charge in [-0.05, 0) is 58.9 Å². The van der Waals surface area contributed by atoms with E-state index in [1.165, 1.54) is 32.1 Å². The molecule has 1 heterocycles. The fraction of sp³-hybridized carbons (Fsp3) is 0.417. The molecule has 166 valence electrons. The minimum absolute atomic E-state index is 0.111. The lowest BCUT2D eigenvalue weighted by Gasteiger charge is -2.21. The molecule has 2 unspecified atom stereocenters. The molecule has 5 rings (SSSR count). The lowest BCUT2D eigenvalue weighted by Crippen LogP contribution is -2.18. The van der Waals surface area contributed by atoms with Crippen LogP contribution >= 0.6 is 11.6 Å². The van der Waals surface area contributed by atoms with Crippen molar-refractivity contribution in [3.63, 3.8) is 0 Å². The molecule has 2 fully saturated rings. The van der Waals surface area contributed by atoms with Crippen LogP contribution in [0, 0.1) is 17.8 Å². The summed E-state index contributed by atoms with van der Waals surface area (Å²) in [5, 5.41) is 18.1. The number of hydrogen-bond acceptors (Lipinski definition) is 5. The summed E-state index contributed by atoms with van der Waals surface area (Å²) < 4.78 is 5.26. The highest BCUT2D eigenvalue weighted by atomic mass is 35.5. The Kier molecular flexibility index (Phi) is 5.83. The molecule has 2 aliphatic rings. The monoisotopic (exact) mass is 451 g/mol. The Hall–Kier alpha value is -2.93. The van der Waals surface area contributed by atoms with Gasteiger partial charge < -0.3 is 10.1 Å². The molecule has 0 bridgehead atoms. The van der Waals surface area contributed by atoms with Crippen LogP contribution in [0.5, 0.6) is 5.75 Å². The number of carbonyl (C=O) groups excluding carboxylic acids is 1. The van der Waals surface area contributed by atoms with Crippen LogP contribution in [0.3, 0.4) is 0 Å². The maximum atomic E-state index is 12.9. The van der Waals surface area contributed by atoms with Crippen molar-refractivity contribution in [2.24, 2.45) is 17.8 Å². The number of nitrogens with zero attached hydrogens (tertiary/aromatic N) is 3. The molecule has 0 spiro atoms. The van der Waals surface area contributed by atoms with Crippen LogP contribution < -0.4 is 10.1 Å². The van der Waals surface area contributed by atoms with Gasteiger partial charge in [-0.15, -0.1) is 10.2 Å². The smallest absolute Gasteiger partial charge is 0.227 e. The normalized spacial score (nSPS) is 20.7. The lowest BCUT2D eigenvalue weighted by molar-refractivity contribution is -0.117. The molecule has 2 aromatic carbocycles. The Bertz CT molecular complexity index is 1110. The molecule has 2 N–H and O–H groups in total. The van der Waals surface area contributed by atoms with Crippen molar-refractivity contribution in [2.75, 3.05) is 12.4 Å². The molecular weight excluding hydrogens is 426 g/mol. The van der Waals surface area contributed by atoms with Gasteiger partial charge >= 0.3 is 0 Å². The molecule has 0 aliphatic heterocycles. The van der Waals surface area contributed by atoms with E-state index in [2.05, 4.69) is 25.9 Å². The van der Waals surface area contributed by atoms with Gasteiger partial charge in [-0.25, -0.2) is 0 Å². The molecule has 2 atom stereocenters. The third kappa shape index (κ3) is 4.21. The van der Waals surface area contributed by atoms with E-state index in [4.69, 9.17) is 16.3 Å². The van der Waals surface area contributed by atoms with Crippen molar-refractivity contribution in [1.29, 1.82) is 0 Å². The first-order chi connectivity index (χ1) is 15.6. The summed E-state index contributed by atoms with van der Waals surface area (Å²) >= 11 is 6.34. The quantitative estimate of drug-likeness (QED) is 0.526. The van der Waals surface area contributed by atoms with E-state index >= 15 is 0 Å². The predicted octanol–water partition coefficient (Wildman–Crippen LogP) is 5.35. The van der Waals surface area contributed by atoms with E-state index in [0.717, 1.165) is 34.7 Å². The fourth-order valence-corrected chi connectivity index (χ4v) is 5.26. The van der Waals surface area contributed by atoms with Crippen molar-refractivity contribution in [3.8, 4) is 28.3 Å². The maximum absolute atomic E-state index is 12.9. The van der Waals surface area contributed by atoms with Gasteiger partial charge in [0, 0.05) is 17.2 Å². The van der Waals surface area contributed by atoms with Crippen molar-refractivity contribution in [1.82, 2.24) is 20.6 Å². The first-order valence-electron chi connectivity index (χ1n) is 11.2. The Balaban J connectivity index is 1.38. The van der Waals surface area contributed by atoms with E-state index < -0.39 is 0 Å². The van der Waals surface area contributed by atoms with Gasteiger partial charge in [0.1, 0.15) is 5.75 Å². The summed E-state index contributed by atoms with van der Waals surface area (Å²) in [5.41, 5.74) is 3.28. The maximum Gasteiger partial charge on any atom is 0.227 e. The minimum atomic E-state index is 0.111. The first kappa shape index (κ1) is 20.9. The molecule has 1 amide bonds. The highest BCUT2D eigenvalue weighted by Crippen LogP contribution is 2.50. The summed E-state index contributed by atoms with van der Waals surface area (Å²) in [6.45, 7) is 0. The summed E-state index contributed by atoms with van der Waals surface area (Å²) in [7, 11) is 1.59. The lowest BCUT2D eigenvalue weighted by atomic mass is 9.85. The average Bonchev–Trinajstić information content (AvgIpc) is 3.44. The van der Waals surface area contributed by atoms with Gasteiger partial charge in [0.15, 0.2) is 0 Å². The standard InChI is InChI=1S/C24H26ClN5O2/c1-32-22-10-7-15(11-21(22)25)17-9-8-16(12-19(17)23-27-29-30-28-23)26-24(31)20-13-18(20)14-5-3-2-4-6-14/h7-12,14,18,20H,2-6,13H2,1H3,(H,26,31)(H,27,28,29,30). The largest absolute Gasteiger partial charge is 0.495 e. The second-order valence-electron chi connectivity index (χ2n) is 8.74. The number of anilines is 1. The number of methoxy groups -OCH3 is 1. The van der Waals surface area contributed by atoms with Gasteiger partial charge in [0.25, 0.3) is 0 Å². The number of amides is 1. The van der Waals surface area contributed by atoms with E-state index in [9.17, 15) is 4.79 Å². The van der Waals surface area contributed by atoms with Crippen molar-refractivity contribution < 1.29 is 9.53 Å². The number of H-pyrrole nitrogens is 1. The molecule has 2 saturated carbocycles. The number of ether oxygens (including phenoxy) is 1. The summed E-state index contributed by atoms with van der Waals surface area (Å²) in [6.07, 6.45) is 7.51. The number of hydrogen-bond donors (Lipinski definition) is 2. The van der Waals surface area contributed by atoms with Crippen molar-refractivity contribution in [3.05, 3.63) is 41.4 Å². The zero-order valence-corrected chi connectivity index (χ0v) is 18.7. The van der Waals surface area contributed by atoms with Crippen LogP contribution in [0.15, 0.2) is 36.4 Å². The van der Waals surface area contributed by atoms with Gasteiger partial charge in [-0.2, -0.15) is 5.21 Å². The topological polar surface area (TPSA) is 92.8 Å². The van der Waals surface area contributed by atoms with Gasteiger partial charge in [-0.1, -0.05) is 55.8 Å². The molecule has 0 radical (unpaired) electrons. The van der Waals surface area contributed by atoms with Crippen LogP contribution in [-0.4, -0.2) is 33.6 Å². The summed E-state index contributed by atoms with van der Waals surface area (Å²) in [4.78, 5) is 12.9. The molecule has 2 aliphatic carbocycles. The highest BCUT2D eigenvalue weighted by Gasteiger charge is 2.47. The first-order valence-corrected chi connectivity index (χ1v) is 11.5. The number of tetrazole rings is 1. The second kappa shape index (κ2) is 8.90. The fourth-order valence-electron chi connectivity index (χ4n) is 5.00. The number of carbonyl (C=O) groups is 1. The Morgan fingerprint density at radius 1 is 1.12 bits per heavy atom. The Morgan fingerprint density at radius 2 is 1.97 bits per heavy atom. The highest BCUT2D eigenvalue weighted by molar-refractivity contribution is 6.32. The molecule has 32 heavy (non-hydrogen) atoms. The average molecular weight is 452 g/mol. The molecule has 8 heteroatoms. The van der Waals surface area contributed by atoms with Crippen LogP contribution in [0.4, 0.5) is 5.69 Å². The number of rotatable bonds is 6. The molecular formula is C24H26ClN5O2. The van der Waals surface area contributed by atoms with E-state index in [0.29, 0.717) is 22.5 Å². The van der Waals surface area contributed by atoms with Crippen LogP contribution in [-0.2, 0) is 4.79 Å². The van der Waals surface area contributed by atoms with Gasteiger partial charge in [-0.3, -0.25) is 4.79 Å².